The summed E-state index contributed by atoms with van der Waals surface area (Å²) in [4.78, 5) is 2.49. The lowest BCUT2D eigenvalue weighted by Crippen LogP contribution is -2.53. The van der Waals surface area contributed by atoms with Gasteiger partial charge in [-0.05, 0) is 19.9 Å². The lowest BCUT2D eigenvalue weighted by molar-refractivity contribution is 0.163. The first kappa shape index (κ1) is 10.6. The molecule has 1 aromatic rings. The summed E-state index contributed by atoms with van der Waals surface area (Å²) >= 11 is 0. The molecule has 1 fully saturated rings. The molecular formula is C11H20N4. The molecule has 0 aliphatic carbocycles. The first-order chi connectivity index (χ1) is 7.15. The summed E-state index contributed by atoms with van der Waals surface area (Å²) in [5, 5.41) is 7.73. The Morgan fingerprint density at radius 3 is 2.60 bits per heavy atom. The number of hydrogen-bond acceptors (Lipinski definition) is 3. The van der Waals surface area contributed by atoms with Crippen LogP contribution in [-0.4, -0.2) is 39.9 Å². The molecule has 1 N–H and O–H groups in total. The molecule has 2 unspecified atom stereocenters. The van der Waals surface area contributed by atoms with Crippen LogP contribution in [-0.2, 0) is 13.6 Å². The maximum Gasteiger partial charge on any atom is 0.0521 e. The van der Waals surface area contributed by atoms with E-state index in [0.717, 1.165) is 19.6 Å². The van der Waals surface area contributed by atoms with Crippen molar-refractivity contribution in [3.8, 4) is 0 Å². The zero-order chi connectivity index (χ0) is 10.8. The predicted octanol–water partition coefficient (Wildman–Crippen LogP) is 0.602. The standard InChI is InChI=1S/C11H20N4/c1-9-6-15(7-10(2)13-9)8-11-4-5-12-14(11)3/h4-5,9-10,13H,6-8H2,1-3H3. The van der Waals surface area contributed by atoms with Crippen LogP contribution in [0.15, 0.2) is 12.3 Å². The van der Waals surface area contributed by atoms with E-state index in [2.05, 4.69) is 35.2 Å². The van der Waals surface area contributed by atoms with E-state index < -0.39 is 0 Å². The van der Waals surface area contributed by atoms with Crippen molar-refractivity contribution in [2.45, 2.75) is 32.5 Å². The van der Waals surface area contributed by atoms with Crippen LogP contribution in [0.5, 0.6) is 0 Å². The molecular weight excluding hydrogens is 188 g/mol. The van der Waals surface area contributed by atoms with Crippen molar-refractivity contribution in [3.05, 3.63) is 18.0 Å². The van der Waals surface area contributed by atoms with Crippen molar-refractivity contribution < 1.29 is 0 Å². The van der Waals surface area contributed by atoms with Gasteiger partial charge in [-0.1, -0.05) is 0 Å². The summed E-state index contributed by atoms with van der Waals surface area (Å²) in [6, 6.07) is 3.26. The zero-order valence-electron chi connectivity index (χ0n) is 9.77. The molecule has 1 aromatic heterocycles. The second-order valence-electron chi connectivity index (χ2n) is 4.61. The Morgan fingerprint density at radius 1 is 1.40 bits per heavy atom. The van der Waals surface area contributed by atoms with E-state index in [1.807, 2.05) is 17.9 Å². The van der Waals surface area contributed by atoms with Crippen molar-refractivity contribution >= 4 is 0 Å². The van der Waals surface area contributed by atoms with Crippen LogP contribution in [0, 0.1) is 0 Å². The molecule has 1 aliphatic rings. The van der Waals surface area contributed by atoms with Crippen LogP contribution in [0.4, 0.5) is 0 Å². The third-order valence-electron chi connectivity index (χ3n) is 2.94. The molecule has 15 heavy (non-hydrogen) atoms. The second kappa shape index (κ2) is 4.33. The van der Waals surface area contributed by atoms with Gasteiger partial charge >= 0.3 is 0 Å². The molecule has 2 rings (SSSR count). The molecule has 0 bridgehead atoms. The highest BCUT2D eigenvalue weighted by Gasteiger charge is 2.21. The quantitative estimate of drug-likeness (QED) is 0.772. The lowest BCUT2D eigenvalue weighted by Gasteiger charge is -2.36. The highest BCUT2D eigenvalue weighted by atomic mass is 15.3. The monoisotopic (exact) mass is 208 g/mol. The van der Waals surface area contributed by atoms with Crippen LogP contribution in [0.25, 0.3) is 0 Å². The van der Waals surface area contributed by atoms with Gasteiger partial charge in [-0.25, -0.2) is 0 Å². The Kier molecular flexibility index (Phi) is 3.07. The highest BCUT2D eigenvalue weighted by Crippen LogP contribution is 2.09. The van der Waals surface area contributed by atoms with Crippen LogP contribution >= 0.6 is 0 Å². The lowest BCUT2D eigenvalue weighted by atomic mass is 10.1. The van der Waals surface area contributed by atoms with E-state index in [4.69, 9.17) is 0 Å². The van der Waals surface area contributed by atoms with Gasteiger partial charge in [0.05, 0.1) is 5.69 Å². The molecule has 4 nitrogen and oxygen atoms in total. The summed E-state index contributed by atoms with van der Waals surface area (Å²) in [6.07, 6.45) is 1.87. The number of nitrogens with one attached hydrogen (secondary N) is 1. The first-order valence-electron chi connectivity index (χ1n) is 5.60. The number of rotatable bonds is 2. The van der Waals surface area contributed by atoms with Crippen molar-refractivity contribution in [1.29, 1.82) is 0 Å². The Hall–Kier alpha value is -0.870. The Balaban J connectivity index is 1.97. The summed E-state index contributed by atoms with van der Waals surface area (Å²) in [7, 11) is 2.00. The fourth-order valence-corrected chi connectivity index (χ4v) is 2.35. The SMILES string of the molecule is CC1CN(Cc2ccnn2C)CC(C)N1. The molecule has 0 radical (unpaired) electrons. The maximum absolute atomic E-state index is 4.19. The zero-order valence-corrected chi connectivity index (χ0v) is 9.77. The normalized spacial score (nSPS) is 28.2. The molecule has 84 valence electrons. The molecule has 0 aromatic carbocycles. The van der Waals surface area contributed by atoms with E-state index in [9.17, 15) is 0 Å². The van der Waals surface area contributed by atoms with Gasteiger partial charge in [-0.15, -0.1) is 0 Å². The minimum absolute atomic E-state index is 0.585. The Labute approximate surface area is 91.3 Å². The van der Waals surface area contributed by atoms with Gasteiger partial charge in [-0.3, -0.25) is 9.58 Å². The van der Waals surface area contributed by atoms with Crippen molar-refractivity contribution in [1.82, 2.24) is 20.0 Å². The number of aryl methyl sites for hydroxylation is 1. The first-order valence-corrected chi connectivity index (χ1v) is 5.60. The van der Waals surface area contributed by atoms with Crippen molar-refractivity contribution in [3.63, 3.8) is 0 Å². The van der Waals surface area contributed by atoms with Gasteiger partial charge in [-0.2, -0.15) is 5.10 Å². The van der Waals surface area contributed by atoms with E-state index in [1.165, 1.54) is 5.69 Å². The van der Waals surface area contributed by atoms with Gasteiger partial charge < -0.3 is 5.32 Å². The van der Waals surface area contributed by atoms with Crippen molar-refractivity contribution in [2.24, 2.45) is 7.05 Å². The summed E-state index contributed by atoms with van der Waals surface area (Å²) in [5.41, 5.74) is 1.29. The van der Waals surface area contributed by atoms with Crippen LogP contribution in [0.3, 0.4) is 0 Å². The average Bonchev–Trinajstić information content (AvgIpc) is 2.50. The molecule has 1 aliphatic heterocycles. The van der Waals surface area contributed by atoms with Gasteiger partial charge in [0.1, 0.15) is 0 Å². The minimum Gasteiger partial charge on any atom is -0.309 e. The maximum atomic E-state index is 4.19. The van der Waals surface area contributed by atoms with Gasteiger partial charge in [0.2, 0.25) is 0 Å². The molecule has 2 atom stereocenters. The number of hydrogen-bond donors (Lipinski definition) is 1. The number of piperazine rings is 1. The van der Waals surface area contributed by atoms with Crippen LogP contribution in [0.2, 0.25) is 0 Å². The fraction of sp³-hybridized carbons (Fsp3) is 0.727. The molecule has 0 amide bonds. The molecule has 4 heteroatoms. The Morgan fingerprint density at radius 2 is 2.07 bits per heavy atom. The highest BCUT2D eigenvalue weighted by molar-refractivity contribution is 5.00. The van der Waals surface area contributed by atoms with E-state index in [1.54, 1.807) is 0 Å². The van der Waals surface area contributed by atoms with Crippen LogP contribution in [0.1, 0.15) is 19.5 Å². The molecule has 2 heterocycles. The predicted molar refractivity (Wildman–Crippen MR) is 60.5 cm³/mol. The molecule has 0 spiro atoms. The second-order valence-corrected chi connectivity index (χ2v) is 4.61. The number of aromatic nitrogens is 2. The summed E-state index contributed by atoms with van der Waals surface area (Å²) < 4.78 is 1.96. The smallest absolute Gasteiger partial charge is 0.0521 e. The van der Waals surface area contributed by atoms with Gasteiger partial charge in [0.15, 0.2) is 0 Å². The van der Waals surface area contributed by atoms with E-state index in [0.29, 0.717) is 12.1 Å². The summed E-state index contributed by atoms with van der Waals surface area (Å²) in [6.45, 7) is 7.73. The van der Waals surface area contributed by atoms with Crippen molar-refractivity contribution in [2.75, 3.05) is 13.1 Å². The summed E-state index contributed by atoms with van der Waals surface area (Å²) in [5.74, 6) is 0. The number of nitrogens with zero attached hydrogens (tertiary/aromatic N) is 3. The molecule has 1 saturated heterocycles. The van der Waals surface area contributed by atoms with Gasteiger partial charge in [0.25, 0.3) is 0 Å². The fourth-order valence-electron chi connectivity index (χ4n) is 2.35. The van der Waals surface area contributed by atoms with Gasteiger partial charge in [0, 0.05) is 45.0 Å². The third kappa shape index (κ3) is 2.58. The third-order valence-corrected chi connectivity index (χ3v) is 2.94. The largest absolute Gasteiger partial charge is 0.309 e. The minimum atomic E-state index is 0.585. The van der Waals surface area contributed by atoms with E-state index >= 15 is 0 Å². The van der Waals surface area contributed by atoms with Crippen LogP contribution < -0.4 is 5.32 Å². The topological polar surface area (TPSA) is 33.1 Å². The average molecular weight is 208 g/mol. The van der Waals surface area contributed by atoms with E-state index in [-0.39, 0.29) is 0 Å². The Bertz CT molecular complexity index is 310. The molecule has 0 saturated carbocycles.